The lowest BCUT2D eigenvalue weighted by Crippen LogP contribution is -2.31. The van der Waals surface area contributed by atoms with Crippen LogP contribution in [0.25, 0.3) is 21.8 Å². The lowest BCUT2D eigenvalue weighted by Gasteiger charge is -2.16. The normalized spacial score (nSPS) is 12.1. The smallest absolute Gasteiger partial charge is 0.282 e. The van der Waals surface area contributed by atoms with Crippen molar-refractivity contribution in [1.82, 2.24) is 29.1 Å². The molecule has 282 valence electrons. The van der Waals surface area contributed by atoms with Crippen molar-refractivity contribution in [2.24, 2.45) is 0 Å². The van der Waals surface area contributed by atoms with E-state index in [0.717, 1.165) is 68.1 Å². The number of halogens is 2. The van der Waals surface area contributed by atoms with Crippen molar-refractivity contribution in [3.05, 3.63) is 179 Å². The highest BCUT2D eigenvalue weighted by molar-refractivity contribution is 9.10. The highest BCUT2D eigenvalue weighted by Crippen LogP contribution is 2.22. The first-order chi connectivity index (χ1) is 27.1. The van der Waals surface area contributed by atoms with Crippen molar-refractivity contribution in [3.8, 4) is 0 Å². The van der Waals surface area contributed by atoms with E-state index in [1.807, 2.05) is 81.9 Å². The molecule has 8 rings (SSSR count). The van der Waals surface area contributed by atoms with Gasteiger partial charge in [0.1, 0.15) is 20.5 Å². The number of hydrogen-bond donors (Lipinski definition) is 0. The summed E-state index contributed by atoms with van der Waals surface area (Å²) in [6, 6.07) is 29.6. The minimum absolute atomic E-state index is 0.0537. The van der Waals surface area contributed by atoms with E-state index in [2.05, 4.69) is 46.8 Å². The molecule has 56 heavy (non-hydrogen) atoms. The lowest BCUT2D eigenvalue weighted by atomic mass is 9.95. The third-order valence-electron chi connectivity index (χ3n) is 9.63. The van der Waals surface area contributed by atoms with Gasteiger partial charge in [-0.3, -0.25) is 24.0 Å². The van der Waals surface area contributed by atoms with Gasteiger partial charge in [-0.25, -0.2) is 20.0 Å². The van der Waals surface area contributed by atoms with Crippen molar-refractivity contribution in [1.29, 1.82) is 0 Å². The summed E-state index contributed by atoms with van der Waals surface area (Å²) in [4.78, 5) is 70.2. The average molecular weight is 877 g/mol. The van der Waals surface area contributed by atoms with E-state index in [-0.39, 0.29) is 27.8 Å². The van der Waals surface area contributed by atoms with E-state index in [0.29, 0.717) is 29.6 Å². The number of aromatic nitrogens is 5. The van der Waals surface area contributed by atoms with Crippen LogP contribution in [0.4, 0.5) is 0 Å². The number of aryl methyl sites for hydroxylation is 2. The Kier molecular flexibility index (Phi) is 11.7. The molecule has 0 aliphatic heterocycles. The number of nitrogens with zero attached hydrogens (tertiary/aromatic N) is 6. The molecule has 0 atom stereocenters. The Labute approximate surface area is 338 Å². The Morgan fingerprint density at radius 2 is 1.21 bits per heavy atom. The molecular formula is C43H36Br2N6O5. The summed E-state index contributed by atoms with van der Waals surface area (Å²) in [5, 5.41) is 2.03. The van der Waals surface area contributed by atoms with E-state index in [9.17, 15) is 19.2 Å². The molecule has 7 aromatic rings. The van der Waals surface area contributed by atoms with Crippen LogP contribution in [-0.4, -0.2) is 55.0 Å². The van der Waals surface area contributed by atoms with Gasteiger partial charge in [0.05, 0.1) is 48.2 Å². The Morgan fingerprint density at radius 1 is 0.679 bits per heavy atom. The van der Waals surface area contributed by atoms with Crippen LogP contribution in [0.15, 0.2) is 128 Å². The van der Waals surface area contributed by atoms with Gasteiger partial charge in [0, 0.05) is 35.9 Å². The fourth-order valence-corrected chi connectivity index (χ4v) is 7.55. The summed E-state index contributed by atoms with van der Waals surface area (Å²) in [6.45, 7) is 0.870. The van der Waals surface area contributed by atoms with Gasteiger partial charge in [-0.2, -0.15) is 0 Å². The largest absolute Gasteiger partial charge is 0.340 e. The van der Waals surface area contributed by atoms with E-state index in [4.69, 9.17) is 4.84 Å². The summed E-state index contributed by atoms with van der Waals surface area (Å²) in [7, 11) is 2.85. The van der Waals surface area contributed by atoms with Gasteiger partial charge in [0.15, 0.2) is 0 Å². The van der Waals surface area contributed by atoms with Gasteiger partial charge in [-0.1, -0.05) is 42.5 Å². The number of pyridine rings is 5. The summed E-state index contributed by atoms with van der Waals surface area (Å²) >= 11 is 6.76. The predicted octanol–water partition coefficient (Wildman–Crippen LogP) is 7.55. The molecule has 0 saturated carbocycles. The molecular weight excluding hydrogens is 840 g/mol. The molecule has 1 amide bonds. The number of rotatable bonds is 8. The number of para-hydroxylation sites is 2. The monoisotopic (exact) mass is 874 g/mol. The summed E-state index contributed by atoms with van der Waals surface area (Å²) < 4.78 is 5.23. The maximum absolute atomic E-state index is 13.4. The number of benzene rings is 2. The number of hydroxylamine groups is 2. The van der Waals surface area contributed by atoms with Crippen LogP contribution >= 0.6 is 31.9 Å². The van der Waals surface area contributed by atoms with Gasteiger partial charge >= 0.3 is 0 Å². The Bertz CT molecular complexity index is 2750. The topological polar surface area (TPSA) is 129 Å². The first-order valence-electron chi connectivity index (χ1n) is 17.9. The Hall–Kier alpha value is -5.63. The molecule has 1 aliphatic rings. The SMILES string of the molecule is CON(C)C(=O)c1cn(Cc2cccc(Br)n2)c2ccccc2c1=O.O=C(c1ccc2c(n1)CCCC2)c1cn(Cc2cccc(Br)n2)c2ccccc2c1=O. The third-order valence-corrected chi connectivity index (χ3v) is 10.5. The molecule has 0 radical (unpaired) electrons. The number of hydrogen-bond acceptors (Lipinski definition) is 8. The first kappa shape index (κ1) is 38.6. The molecule has 0 saturated heterocycles. The molecule has 0 bridgehead atoms. The molecule has 0 N–H and O–H groups in total. The third kappa shape index (κ3) is 8.30. The van der Waals surface area contributed by atoms with Crippen LogP contribution < -0.4 is 10.9 Å². The predicted molar refractivity (Wildman–Crippen MR) is 222 cm³/mol. The van der Waals surface area contributed by atoms with Crippen LogP contribution in [-0.2, 0) is 30.8 Å². The maximum atomic E-state index is 13.4. The van der Waals surface area contributed by atoms with Crippen LogP contribution in [0.1, 0.15) is 61.9 Å². The van der Waals surface area contributed by atoms with Gasteiger partial charge in [-0.15, -0.1) is 0 Å². The fourth-order valence-electron chi connectivity index (χ4n) is 6.79. The van der Waals surface area contributed by atoms with Crippen molar-refractivity contribution in [2.75, 3.05) is 14.2 Å². The van der Waals surface area contributed by atoms with E-state index < -0.39 is 5.91 Å². The molecule has 11 nitrogen and oxygen atoms in total. The number of ketones is 1. The Balaban J connectivity index is 0.000000176. The summed E-state index contributed by atoms with van der Waals surface area (Å²) in [5.74, 6) is -0.825. The summed E-state index contributed by atoms with van der Waals surface area (Å²) in [6.07, 6.45) is 7.33. The molecule has 13 heteroatoms. The maximum Gasteiger partial charge on any atom is 0.282 e. The van der Waals surface area contributed by atoms with E-state index in [1.165, 1.54) is 19.7 Å². The van der Waals surface area contributed by atoms with Crippen molar-refractivity contribution in [3.63, 3.8) is 0 Å². The van der Waals surface area contributed by atoms with Crippen LogP contribution in [0.5, 0.6) is 0 Å². The number of amides is 1. The number of carbonyl (C=O) groups excluding carboxylic acids is 2. The molecule has 1 aliphatic carbocycles. The molecule has 2 aromatic carbocycles. The van der Waals surface area contributed by atoms with Crippen molar-refractivity contribution >= 4 is 65.4 Å². The zero-order valence-corrected chi connectivity index (χ0v) is 33.8. The second kappa shape index (κ2) is 17.0. The molecule has 5 aromatic heterocycles. The second-order valence-corrected chi connectivity index (χ2v) is 14.9. The van der Waals surface area contributed by atoms with Crippen LogP contribution in [0, 0.1) is 0 Å². The fraction of sp³-hybridized carbons (Fsp3) is 0.186. The summed E-state index contributed by atoms with van der Waals surface area (Å²) in [5.41, 5.74) is 5.28. The molecule has 0 spiro atoms. The van der Waals surface area contributed by atoms with E-state index >= 15 is 0 Å². The molecule has 0 unspecified atom stereocenters. The highest BCUT2D eigenvalue weighted by Gasteiger charge is 2.22. The van der Waals surface area contributed by atoms with Gasteiger partial charge in [0.2, 0.25) is 16.6 Å². The minimum atomic E-state index is -0.491. The molecule has 5 heterocycles. The first-order valence-corrected chi connectivity index (χ1v) is 19.5. The van der Waals surface area contributed by atoms with Gasteiger partial charge in [0.25, 0.3) is 5.91 Å². The standard InChI is InChI=1S/C25H20BrN3O2.C18H16BrN3O3/c26-23-11-5-7-17(27-23)14-29-15-19(24(30)18-8-2-4-10-22(18)29)25(31)21-13-12-16-6-1-3-9-20(16)28-21;1-21(25-2)18(24)14-11-22(10-12-6-5-9-16(19)20-12)15-8-4-3-7-13(15)17(14)23/h2,4-5,7-8,10-13,15H,1,3,6,9,14H2;3-9,11H,10H2,1-2H3. The quantitative estimate of drug-likeness (QED) is 0.0870. The number of carbonyl (C=O) groups is 2. The van der Waals surface area contributed by atoms with Crippen LogP contribution in [0.2, 0.25) is 0 Å². The highest BCUT2D eigenvalue weighted by atomic mass is 79.9. The second-order valence-electron chi connectivity index (χ2n) is 13.3. The zero-order chi connectivity index (χ0) is 39.3. The van der Waals surface area contributed by atoms with Crippen LogP contribution in [0.3, 0.4) is 0 Å². The molecule has 0 fully saturated rings. The Morgan fingerprint density at radius 3 is 1.79 bits per heavy atom. The van der Waals surface area contributed by atoms with E-state index in [1.54, 1.807) is 36.7 Å². The number of fused-ring (bicyclic) bond motifs is 3. The average Bonchev–Trinajstić information content (AvgIpc) is 3.22. The van der Waals surface area contributed by atoms with Crippen molar-refractivity contribution in [2.45, 2.75) is 38.8 Å². The van der Waals surface area contributed by atoms with Gasteiger partial charge < -0.3 is 9.13 Å². The lowest BCUT2D eigenvalue weighted by molar-refractivity contribution is -0.0758. The van der Waals surface area contributed by atoms with Crippen molar-refractivity contribution < 1.29 is 14.4 Å². The van der Waals surface area contributed by atoms with Gasteiger partial charge in [-0.05, 0) is 118 Å². The minimum Gasteiger partial charge on any atom is -0.340 e. The zero-order valence-electron chi connectivity index (χ0n) is 30.6.